The second-order valence-corrected chi connectivity index (χ2v) is 9.70. The number of amides is 1. The summed E-state index contributed by atoms with van der Waals surface area (Å²) >= 11 is 7.76. The van der Waals surface area contributed by atoms with E-state index >= 15 is 0 Å². The van der Waals surface area contributed by atoms with E-state index < -0.39 is 5.97 Å². The summed E-state index contributed by atoms with van der Waals surface area (Å²) in [7, 11) is 0. The van der Waals surface area contributed by atoms with Crippen molar-refractivity contribution in [2.45, 2.75) is 57.2 Å². The van der Waals surface area contributed by atoms with Gasteiger partial charge in [0, 0.05) is 34.2 Å². The number of rotatable bonds is 7. The Morgan fingerprint density at radius 1 is 1.26 bits per heavy atom. The molecule has 2 aliphatic rings. The van der Waals surface area contributed by atoms with Gasteiger partial charge < -0.3 is 10.4 Å². The fourth-order valence-electron chi connectivity index (χ4n) is 4.07. The van der Waals surface area contributed by atoms with Crippen LogP contribution >= 0.6 is 23.4 Å². The quantitative estimate of drug-likeness (QED) is 0.689. The Hall–Kier alpha value is -1.46. The number of carboxylic acids is 1. The summed E-state index contributed by atoms with van der Waals surface area (Å²) < 4.78 is 0. The molecule has 1 aliphatic carbocycles. The highest BCUT2D eigenvalue weighted by Crippen LogP contribution is 2.43. The van der Waals surface area contributed by atoms with E-state index in [9.17, 15) is 9.59 Å². The van der Waals surface area contributed by atoms with Crippen LogP contribution in [-0.4, -0.2) is 28.3 Å². The number of thioether (sulfide) groups is 1. The zero-order valence-electron chi connectivity index (χ0n) is 15.7. The maximum atomic E-state index is 12.9. The molecule has 6 heteroatoms. The number of carbonyl (C=O) groups excluding carboxylic acids is 1. The second kappa shape index (κ2) is 8.70. The lowest BCUT2D eigenvalue weighted by atomic mass is 9.77. The van der Waals surface area contributed by atoms with Crippen molar-refractivity contribution in [3.8, 4) is 0 Å². The second-order valence-electron chi connectivity index (χ2n) is 7.67. The molecule has 1 aromatic rings. The first-order chi connectivity index (χ1) is 12.8. The molecule has 146 valence electrons. The maximum Gasteiger partial charge on any atom is 0.303 e. The smallest absolute Gasteiger partial charge is 0.303 e. The lowest BCUT2D eigenvalue weighted by Crippen LogP contribution is -2.45. The van der Waals surface area contributed by atoms with Gasteiger partial charge in [0.15, 0.2) is 0 Å². The van der Waals surface area contributed by atoms with Crippen LogP contribution in [-0.2, 0) is 16.0 Å². The standard InChI is InChI=1S/C21H26ClNO3S/c1-12-18(11-14-3-6-16(22)7-4-14)20(13(2)27-12)21(26)23-17-9-15(10-17)5-8-19(24)25/h3-4,6-7,12,15,17-18H,5,8-11H2,1-2H3,(H,23,26)(H,24,25). The molecular weight excluding hydrogens is 382 g/mol. The van der Waals surface area contributed by atoms with E-state index in [1.54, 1.807) is 11.8 Å². The Labute approximate surface area is 169 Å². The van der Waals surface area contributed by atoms with Crippen molar-refractivity contribution in [2.75, 3.05) is 0 Å². The zero-order chi connectivity index (χ0) is 19.6. The Kier molecular flexibility index (Phi) is 6.53. The minimum absolute atomic E-state index is 0.0463. The highest BCUT2D eigenvalue weighted by molar-refractivity contribution is 8.03. The Morgan fingerprint density at radius 3 is 2.56 bits per heavy atom. The molecule has 1 fully saturated rings. The molecule has 2 N–H and O–H groups in total. The number of carbonyl (C=O) groups is 2. The lowest BCUT2D eigenvalue weighted by Gasteiger charge is -2.36. The van der Waals surface area contributed by atoms with E-state index in [0.717, 1.165) is 34.8 Å². The van der Waals surface area contributed by atoms with Crippen LogP contribution in [0.1, 0.15) is 45.1 Å². The van der Waals surface area contributed by atoms with Crippen molar-refractivity contribution >= 4 is 35.2 Å². The third-order valence-electron chi connectivity index (χ3n) is 5.63. The summed E-state index contributed by atoms with van der Waals surface area (Å²) in [5.74, 6) is -0.0856. The van der Waals surface area contributed by atoms with Gasteiger partial charge in [-0.3, -0.25) is 9.59 Å². The van der Waals surface area contributed by atoms with Crippen molar-refractivity contribution in [2.24, 2.45) is 11.8 Å². The van der Waals surface area contributed by atoms with Crippen molar-refractivity contribution in [1.82, 2.24) is 5.32 Å². The number of hydrogen-bond donors (Lipinski definition) is 2. The molecule has 1 heterocycles. The third kappa shape index (κ3) is 5.08. The molecule has 3 rings (SSSR count). The highest BCUT2D eigenvalue weighted by Gasteiger charge is 2.37. The SMILES string of the molecule is CC1=C(C(=O)NC2CC(CCC(=O)O)C2)C(Cc2ccc(Cl)cc2)C(C)S1. The van der Waals surface area contributed by atoms with Gasteiger partial charge in [-0.05, 0) is 61.1 Å². The van der Waals surface area contributed by atoms with Gasteiger partial charge in [-0.1, -0.05) is 30.7 Å². The molecule has 2 unspecified atom stereocenters. The average molecular weight is 408 g/mol. The molecular formula is C21H26ClNO3S. The summed E-state index contributed by atoms with van der Waals surface area (Å²) in [6.45, 7) is 4.22. The first-order valence-electron chi connectivity index (χ1n) is 9.48. The number of aliphatic carboxylic acids is 1. The number of nitrogens with one attached hydrogen (secondary N) is 1. The van der Waals surface area contributed by atoms with Gasteiger partial charge in [0.2, 0.25) is 5.91 Å². The van der Waals surface area contributed by atoms with Crippen LogP contribution in [0.2, 0.25) is 5.02 Å². The van der Waals surface area contributed by atoms with Crippen LogP contribution in [0, 0.1) is 11.8 Å². The summed E-state index contributed by atoms with van der Waals surface area (Å²) in [6.07, 6.45) is 3.52. The molecule has 0 radical (unpaired) electrons. The molecule has 0 saturated heterocycles. The van der Waals surface area contributed by atoms with E-state index in [2.05, 4.69) is 12.2 Å². The number of hydrogen-bond acceptors (Lipinski definition) is 3. The van der Waals surface area contributed by atoms with Gasteiger partial charge >= 0.3 is 5.97 Å². The molecule has 1 saturated carbocycles. The molecule has 0 aromatic heterocycles. The van der Waals surface area contributed by atoms with Crippen molar-refractivity contribution in [3.05, 3.63) is 45.3 Å². The van der Waals surface area contributed by atoms with Gasteiger partial charge in [0.05, 0.1) is 0 Å². The Morgan fingerprint density at radius 2 is 1.93 bits per heavy atom. The molecule has 4 nitrogen and oxygen atoms in total. The van der Waals surface area contributed by atoms with Crippen LogP contribution in [0.3, 0.4) is 0 Å². The number of benzene rings is 1. The van der Waals surface area contributed by atoms with Gasteiger partial charge in [-0.25, -0.2) is 0 Å². The Bertz CT molecular complexity index is 740. The fourth-order valence-corrected chi connectivity index (χ4v) is 5.52. The van der Waals surface area contributed by atoms with Crippen molar-refractivity contribution in [1.29, 1.82) is 0 Å². The molecule has 1 aromatic carbocycles. The van der Waals surface area contributed by atoms with Gasteiger partial charge in [-0.2, -0.15) is 0 Å². The topological polar surface area (TPSA) is 66.4 Å². The number of carboxylic acid groups (broad SMARTS) is 1. The van der Waals surface area contributed by atoms with E-state index in [1.807, 2.05) is 31.2 Å². The first-order valence-corrected chi connectivity index (χ1v) is 10.7. The van der Waals surface area contributed by atoms with Crippen molar-refractivity contribution < 1.29 is 14.7 Å². The predicted octanol–water partition coefficient (Wildman–Crippen LogP) is 4.67. The van der Waals surface area contributed by atoms with Crippen LogP contribution in [0.15, 0.2) is 34.7 Å². The molecule has 0 spiro atoms. The van der Waals surface area contributed by atoms with E-state index in [0.29, 0.717) is 17.6 Å². The third-order valence-corrected chi connectivity index (χ3v) is 7.16. The average Bonchev–Trinajstić information content (AvgIpc) is 2.85. The van der Waals surface area contributed by atoms with Gasteiger partial charge in [0.1, 0.15) is 0 Å². The molecule has 0 bridgehead atoms. The molecule has 1 amide bonds. The minimum Gasteiger partial charge on any atom is -0.481 e. The van der Waals surface area contributed by atoms with Crippen LogP contribution < -0.4 is 5.32 Å². The minimum atomic E-state index is -0.745. The predicted molar refractivity (Wildman–Crippen MR) is 110 cm³/mol. The van der Waals surface area contributed by atoms with Crippen molar-refractivity contribution in [3.63, 3.8) is 0 Å². The fraction of sp³-hybridized carbons (Fsp3) is 0.524. The lowest BCUT2D eigenvalue weighted by molar-refractivity contribution is -0.137. The van der Waals surface area contributed by atoms with Gasteiger partial charge in [-0.15, -0.1) is 11.8 Å². The summed E-state index contributed by atoms with van der Waals surface area (Å²) in [6, 6.07) is 8.02. The van der Waals surface area contributed by atoms with E-state index in [1.165, 1.54) is 5.56 Å². The van der Waals surface area contributed by atoms with E-state index in [4.69, 9.17) is 16.7 Å². The summed E-state index contributed by atoms with van der Waals surface area (Å²) in [5.41, 5.74) is 2.10. The monoisotopic (exact) mass is 407 g/mol. The highest BCUT2D eigenvalue weighted by atomic mass is 35.5. The van der Waals surface area contributed by atoms with E-state index in [-0.39, 0.29) is 24.3 Å². The first kappa shape index (κ1) is 20.3. The Balaban J connectivity index is 1.58. The van der Waals surface area contributed by atoms with Crippen LogP contribution in [0.5, 0.6) is 0 Å². The normalized spacial score (nSPS) is 27.4. The van der Waals surface area contributed by atoms with Gasteiger partial charge in [0.25, 0.3) is 0 Å². The maximum absolute atomic E-state index is 12.9. The molecule has 2 atom stereocenters. The largest absolute Gasteiger partial charge is 0.481 e. The number of allylic oxidation sites excluding steroid dienone is 1. The summed E-state index contributed by atoms with van der Waals surface area (Å²) in [5, 5.41) is 13.0. The molecule has 1 aliphatic heterocycles. The van der Waals surface area contributed by atoms with Crippen LogP contribution in [0.25, 0.3) is 0 Å². The van der Waals surface area contributed by atoms with Crippen LogP contribution in [0.4, 0.5) is 0 Å². The zero-order valence-corrected chi connectivity index (χ0v) is 17.3. The number of halogens is 1. The summed E-state index contributed by atoms with van der Waals surface area (Å²) in [4.78, 5) is 24.7. The molecule has 27 heavy (non-hydrogen) atoms.